The van der Waals surface area contributed by atoms with E-state index in [0.29, 0.717) is 24.8 Å². The normalized spacial score (nSPS) is 34.5. The molecule has 0 aromatic carbocycles. The lowest BCUT2D eigenvalue weighted by atomic mass is 9.80. The van der Waals surface area contributed by atoms with Crippen LogP contribution in [0.4, 0.5) is 0 Å². The van der Waals surface area contributed by atoms with E-state index >= 15 is 0 Å². The molecule has 5 heteroatoms. The summed E-state index contributed by atoms with van der Waals surface area (Å²) >= 11 is 0. The van der Waals surface area contributed by atoms with E-state index in [1.807, 2.05) is 0 Å². The number of carbonyl (C=O) groups excluding carboxylic acids is 2. The highest BCUT2D eigenvalue weighted by atomic mass is 16.5. The number of fused-ring (bicyclic) bond motifs is 5. The molecule has 0 aromatic rings. The van der Waals surface area contributed by atoms with Crippen molar-refractivity contribution in [1.29, 1.82) is 0 Å². The van der Waals surface area contributed by atoms with Crippen LogP contribution in [-0.4, -0.2) is 31.3 Å². The number of nitrogens with one attached hydrogen (secondary N) is 1. The lowest BCUT2D eigenvalue weighted by molar-refractivity contribution is -0.152. The molecular formula is C17H23NO4. The summed E-state index contributed by atoms with van der Waals surface area (Å²) in [5, 5.41) is 2.87. The standard InChI is InChI=1S/C17H23NO4/c1-2-16(19)21-10-18-7-6-17(20)22-15-9-11-8-14(15)13-5-3-4-12(11)13/h2-3,5,11-15,18H,1,4,6-10H2. The van der Waals surface area contributed by atoms with Crippen LogP contribution in [0.15, 0.2) is 24.8 Å². The van der Waals surface area contributed by atoms with Crippen molar-refractivity contribution in [3.63, 3.8) is 0 Å². The monoisotopic (exact) mass is 305 g/mol. The molecule has 3 rings (SSSR count). The number of allylic oxidation sites excluding steroid dienone is 2. The molecule has 0 aliphatic heterocycles. The largest absolute Gasteiger partial charge is 0.462 e. The third-order valence-corrected chi connectivity index (χ3v) is 5.22. The zero-order chi connectivity index (χ0) is 15.5. The molecule has 0 saturated heterocycles. The van der Waals surface area contributed by atoms with Crippen molar-refractivity contribution in [2.45, 2.75) is 31.8 Å². The summed E-state index contributed by atoms with van der Waals surface area (Å²) in [5.41, 5.74) is 0. The molecule has 120 valence electrons. The number of rotatable bonds is 7. The lowest BCUT2D eigenvalue weighted by Crippen LogP contribution is -2.33. The van der Waals surface area contributed by atoms with Crippen molar-refractivity contribution in [1.82, 2.24) is 5.32 Å². The Kier molecular flexibility index (Phi) is 4.62. The first-order valence-electron chi connectivity index (χ1n) is 8.05. The van der Waals surface area contributed by atoms with Crippen LogP contribution in [0.2, 0.25) is 0 Å². The molecule has 2 fully saturated rings. The van der Waals surface area contributed by atoms with Crippen LogP contribution < -0.4 is 5.32 Å². The molecule has 2 bridgehead atoms. The van der Waals surface area contributed by atoms with Crippen molar-refractivity contribution in [2.24, 2.45) is 23.7 Å². The number of hydrogen-bond donors (Lipinski definition) is 1. The van der Waals surface area contributed by atoms with Crippen LogP contribution in [0.1, 0.15) is 25.7 Å². The second-order valence-corrected chi connectivity index (χ2v) is 6.39. The fourth-order valence-corrected chi connectivity index (χ4v) is 4.29. The predicted molar refractivity (Wildman–Crippen MR) is 80.6 cm³/mol. The second-order valence-electron chi connectivity index (χ2n) is 6.39. The third kappa shape index (κ3) is 3.09. The van der Waals surface area contributed by atoms with Gasteiger partial charge in [-0.1, -0.05) is 18.7 Å². The summed E-state index contributed by atoms with van der Waals surface area (Å²) in [6.07, 6.45) is 9.56. The molecule has 5 atom stereocenters. The molecule has 0 spiro atoms. The van der Waals surface area contributed by atoms with Crippen LogP contribution in [0.5, 0.6) is 0 Å². The fraction of sp³-hybridized carbons (Fsp3) is 0.647. The minimum absolute atomic E-state index is 0.0841. The summed E-state index contributed by atoms with van der Waals surface area (Å²) in [6, 6.07) is 0. The highest BCUT2D eigenvalue weighted by Gasteiger charge is 2.53. The zero-order valence-electron chi connectivity index (χ0n) is 12.7. The highest BCUT2D eigenvalue weighted by Crippen LogP contribution is 2.57. The number of carbonyl (C=O) groups is 2. The summed E-state index contributed by atoms with van der Waals surface area (Å²) < 4.78 is 10.4. The van der Waals surface area contributed by atoms with Gasteiger partial charge in [-0.3, -0.25) is 10.1 Å². The molecule has 1 N–H and O–H groups in total. The van der Waals surface area contributed by atoms with Crippen LogP contribution in [0, 0.1) is 23.7 Å². The van der Waals surface area contributed by atoms with Gasteiger partial charge in [0.05, 0.1) is 6.42 Å². The van der Waals surface area contributed by atoms with E-state index in [0.717, 1.165) is 24.3 Å². The molecule has 5 unspecified atom stereocenters. The van der Waals surface area contributed by atoms with E-state index in [9.17, 15) is 9.59 Å². The molecule has 0 amide bonds. The highest BCUT2D eigenvalue weighted by molar-refractivity contribution is 5.81. The van der Waals surface area contributed by atoms with Crippen LogP contribution in [-0.2, 0) is 19.1 Å². The first-order chi connectivity index (χ1) is 10.7. The molecular weight excluding hydrogens is 282 g/mol. The molecule has 5 nitrogen and oxygen atoms in total. The summed E-state index contributed by atoms with van der Waals surface area (Å²) in [6.45, 7) is 3.83. The summed E-state index contributed by atoms with van der Waals surface area (Å²) in [4.78, 5) is 22.7. The Morgan fingerprint density at radius 2 is 2.18 bits per heavy atom. The van der Waals surface area contributed by atoms with Crippen molar-refractivity contribution in [3.8, 4) is 0 Å². The van der Waals surface area contributed by atoms with Crippen molar-refractivity contribution < 1.29 is 19.1 Å². The molecule has 0 heterocycles. The van der Waals surface area contributed by atoms with Gasteiger partial charge in [0.15, 0.2) is 0 Å². The minimum Gasteiger partial charge on any atom is -0.462 e. The first kappa shape index (κ1) is 15.3. The molecule has 0 radical (unpaired) electrons. The molecule has 3 aliphatic rings. The lowest BCUT2D eigenvalue weighted by Gasteiger charge is -2.30. The average Bonchev–Trinajstić information content (AvgIpc) is 3.18. The van der Waals surface area contributed by atoms with E-state index in [1.165, 1.54) is 12.8 Å². The second kappa shape index (κ2) is 6.65. The number of ether oxygens (including phenoxy) is 2. The van der Waals surface area contributed by atoms with Gasteiger partial charge in [0.2, 0.25) is 0 Å². The van der Waals surface area contributed by atoms with Gasteiger partial charge in [-0.05, 0) is 37.0 Å². The minimum atomic E-state index is -0.476. The van der Waals surface area contributed by atoms with Gasteiger partial charge in [0, 0.05) is 18.5 Å². The van der Waals surface area contributed by atoms with Crippen LogP contribution in [0.3, 0.4) is 0 Å². The maximum atomic E-state index is 11.9. The van der Waals surface area contributed by atoms with Crippen molar-refractivity contribution in [2.75, 3.05) is 13.3 Å². The number of esters is 2. The Balaban J connectivity index is 1.34. The van der Waals surface area contributed by atoms with E-state index < -0.39 is 5.97 Å². The quantitative estimate of drug-likeness (QED) is 0.255. The zero-order valence-corrected chi connectivity index (χ0v) is 12.7. The Morgan fingerprint density at radius 1 is 1.32 bits per heavy atom. The smallest absolute Gasteiger partial charge is 0.331 e. The van der Waals surface area contributed by atoms with Gasteiger partial charge >= 0.3 is 11.9 Å². The average molecular weight is 305 g/mol. The van der Waals surface area contributed by atoms with Gasteiger partial charge in [-0.15, -0.1) is 0 Å². The Hall–Kier alpha value is -1.62. The molecule has 3 aliphatic carbocycles. The molecule has 0 aromatic heterocycles. The summed E-state index contributed by atoms with van der Waals surface area (Å²) in [7, 11) is 0. The van der Waals surface area contributed by atoms with E-state index in [1.54, 1.807) is 0 Å². The van der Waals surface area contributed by atoms with Crippen molar-refractivity contribution >= 4 is 11.9 Å². The Bertz CT molecular complexity index is 487. The van der Waals surface area contributed by atoms with E-state index in [2.05, 4.69) is 24.0 Å². The van der Waals surface area contributed by atoms with Gasteiger partial charge in [-0.25, -0.2) is 4.79 Å². The topological polar surface area (TPSA) is 64.6 Å². The van der Waals surface area contributed by atoms with E-state index in [4.69, 9.17) is 9.47 Å². The van der Waals surface area contributed by atoms with Crippen LogP contribution in [0.25, 0.3) is 0 Å². The van der Waals surface area contributed by atoms with Gasteiger partial charge in [-0.2, -0.15) is 0 Å². The maximum Gasteiger partial charge on any atom is 0.331 e. The SMILES string of the molecule is C=CC(=O)OCNCCC(=O)OC1CC2CC1C1C=CCC21. The third-order valence-electron chi connectivity index (χ3n) is 5.22. The fourth-order valence-electron chi connectivity index (χ4n) is 4.29. The van der Waals surface area contributed by atoms with Crippen molar-refractivity contribution in [3.05, 3.63) is 24.8 Å². The van der Waals surface area contributed by atoms with Crippen LogP contribution >= 0.6 is 0 Å². The van der Waals surface area contributed by atoms with E-state index in [-0.39, 0.29) is 18.8 Å². The Morgan fingerprint density at radius 3 is 3.00 bits per heavy atom. The molecule has 22 heavy (non-hydrogen) atoms. The van der Waals surface area contributed by atoms with Gasteiger partial charge in [0.25, 0.3) is 0 Å². The molecule has 2 saturated carbocycles. The maximum absolute atomic E-state index is 11.9. The number of hydrogen-bond acceptors (Lipinski definition) is 5. The first-order valence-corrected chi connectivity index (χ1v) is 8.05. The van der Waals surface area contributed by atoms with Gasteiger partial charge in [0.1, 0.15) is 12.8 Å². The Labute approximate surface area is 130 Å². The summed E-state index contributed by atoms with van der Waals surface area (Å²) in [5.74, 6) is 2.06. The predicted octanol–water partition coefficient (Wildman–Crippen LogP) is 1.80. The van der Waals surface area contributed by atoms with Gasteiger partial charge < -0.3 is 9.47 Å².